The summed E-state index contributed by atoms with van der Waals surface area (Å²) < 4.78 is 20.3. The minimum Gasteiger partial charge on any atom is -0.444 e. The van der Waals surface area contributed by atoms with E-state index in [2.05, 4.69) is 0 Å². The minimum absolute atomic E-state index is 0.00570. The second kappa shape index (κ2) is 7.13. The minimum atomic E-state index is -0.611. The van der Waals surface area contributed by atoms with Gasteiger partial charge in [0.2, 0.25) is 0 Å². The van der Waals surface area contributed by atoms with Crippen molar-refractivity contribution >= 4 is 17.8 Å². The summed E-state index contributed by atoms with van der Waals surface area (Å²) in [5.41, 5.74) is 0.794. The molecule has 6 nitrogen and oxygen atoms in total. The highest BCUT2D eigenvalue weighted by Crippen LogP contribution is 2.27. The van der Waals surface area contributed by atoms with Gasteiger partial charge in [0, 0.05) is 18.7 Å². The second-order valence-corrected chi connectivity index (χ2v) is 7.80. The number of nitrogens with zero attached hydrogens (tertiary/aromatic N) is 2. The number of carbonyl (C=O) groups is 2. The van der Waals surface area contributed by atoms with Gasteiger partial charge in [-0.1, -0.05) is 18.2 Å². The van der Waals surface area contributed by atoms with Crippen LogP contribution in [0, 0.1) is 5.41 Å². The van der Waals surface area contributed by atoms with Crippen molar-refractivity contribution in [2.45, 2.75) is 39.2 Å². The molecule has 0 aliphatic carbocycles. The molecule has 0 bridgehead atoms. The molecule has 0 saturated carbocycles. The Morgan fingerprint density at radius 2 is 1.93 bits per heavy atom. The lowest BCUT2D eigenvalue weighted by Gasteiger charge is -2.31. The number of hydrogen-bond acceptors (Lipinski definition) is 4. The number of rotatable bonds is 2. The van der Waals surface area contributed by atoms with Gasteiger partial charge in [-0.25, -0.2) is 9.18 Å². The molecule has 3 rings (SSSR count). The molecular weight excluding hydrogens is 349 g/mol. The van der Waals surface area contributed by atoms with Crippen LogP contribution in [-0.4, -0.2) is 52.9 Å². The van der Waals surface area contributed by atoms with Gasteiger partial charge in [-0.3, -0.25) is 15.1 Å². The molecular formula is C20H24FN3O3. The average molecular weight is 373 g/mol. The van der Waals surface area contributed by atoms with E-state index in [4.69, 9.17) is 10.1 Å². The van der Waals surface area contributed by atoms with Crippen LogP contribution in [0.25, 0.3) is 0 Å². The Morgan fingerprint density at radius 1 is 1.26 bits per heavy atom. The normalized spacial score (nSPS) is 19.3. The van der Waals surface area contributed by atoms with Crippen molar-refractivity contribution in [3.05, 3.63) is 46.8 Å². The predicted molar refractivity (Wildman–Crippen MR) is 99.5 cm³/mol. The molecule has 0 spiro atoms. The zero-order valence-electron chi connectivity index (χ0n) is 15.8. The Hall–Kier alpha value is -2.70. The number of ether oxygens (including phenoxy) is 1. The van der Waals surface area contributed by atoms with Crippen molar-refractivity contribution in [3.63, 3.8) is 0 Å². The molecule has 0 atom stereocenters. The first-order valence-corrected chi connectivity index (χ1v) is 9.01. The molecule has 2 aliphatic heterocycles. The first kappa shape index (κ1) is 19.1. The lowest BCUT2D eigenvalue weighted by molar-refractivity contribution is 0.0244. The van der Waals surface area contributed by atoms with Crippen LogP contribution in [-0.2, 0) is 4.74 Å². The van der Waals surface area contributed by atoms with E-state index in [1.165, 1.54) is 4.90 Å². The number of carbonyl (C=O) groups excluding carboxylic acids is 2. The summed E-state index contributed by atoms with van der Waals surface area (Å²) in [6, 6.07) is 6.80. The van der Waals surface area contributed by atoms with Gasteiger partial charge in [-0.05, 0) is 45.3 Å². The first-order valence-electron chi connectivity index (χ1n) is 9.01. The molecule has 1 fully saturated rings. The standard InChI is InChI=1S/C20H24FN3O3/c1-20(2,3)27-19(26)23-10-6-7-13(11-23)16(21)12-24-17(22)14-8-4-5-9-15(14)18(24)25/h4-5,8-9,22H,6-7,10-12H2,1-3H3. The molecule has 1 aromatic rings. The van der Waals surface area contributed by atoms with Crippen molar-refractivity contribution < 1.29 is 18.7 Å². The maximum Gasteiger partial charge on any atom is 0.410 e. The Morgan fingerprint density at radius 3 is 2.56 bits per heavy atom. The molecule has 2 aliphatic rings. The number of benzene rings is 1. The molecule has 144 valence electrons. The molecule has 0 radical (unpaired) electrons. The maximum absolute atomic E-state index is 14.9. The monoisotopic (exact) mass is 373 g/mol. The highest BCUT2D eigenvalue weighted by Gasteiger charge is 2.34. The fourth-order valence-electron chi connectivity index (χ4n) is 3.25. The summed E-state index contributed by atoms with van der Waals surface area (Å²) in [5, 5.41) is 8.16. The zero-order valence-corrected chi connectivity index (χ0v) is 15.8. The van der Waals surface area contributed by atoms with Gasteiger partial charge in [0.05, 0.1) is 12.1 Å². The fraction of sp³-hybridized carbons (Fsp3) is 0.450. The van der Waals surface area contributed by atoms with Gasteiger partial charge in [-0.2, -0.15) is 0 Å². The number of fused-ring (bicyclic) bond motifs is 1. The van der Waals surface area contributed by atoms with E-state index >= 15 is 0 Å². The van der Waals surface area contributed by atoms with Crippen LogP contribution in [0.3, 0.4) is 0 Å². The quantitative estimate of drug-likeness (QED) is 0.859. The Bertz CT molecular complexity index is 791. The van der Waals surface area contributed by atoms with E-state index in [1.807, 2.05) is 0 Å². The Balaban J connectivity index is 1.72. The number of likely N-dealkylation sites (tertiary alicyclic amines) is 1. The van der Waals surface area contributed by atoms with Gasteiger partial charge >= 0.3 is 6.09 Å². The van der Waals surface area contributed by atoms with Crippen LogP contribution in [0.15, 0.2) is 35.7 Å². The van der Waals surface area contributed by atoms with E-state index in [-0.39, 0.29) is 24.8 Å². The Kier molecular flexibility index (Phi) is 5.04. The van der Waals surface area contributed by atoms with Crippen molar-refractivity contribution in [1.29, 1.82) is 5.41 Å². The number of piperidine rings is 1. The van der Waals surface area contributed by atoms with Crippen LogP contribution in [0.1, 0.15) is 49.5 Å². The van der Waals surface area contributed by atoms with Gasteiger partial charge in [-0.15, -0.1) is 0 Å². The molecule has 2 heterocycles. The third-order valence-corrected chi connectivity index (χ3v) is 4.55. The van der Waals surface area contributed by atoms with Crippen LogP contribution < -0.4 is 0 Å². The topological polar surface area (TPSA) is 73.7 Å². The first-order chi connectivity index (χ1) is 12.7. The van der Waals surface area contributed by atoms with Gasteiger partial charge in [0.15, 0.2) is 0 Å². The summed E-state index contributed by atoms with van der Waals surface area (Å²) in [6.45, 7) is 5.72. The Labute approximate surface area is 158 Å². The van der Waals surface area contributed by atoms with Gasteiger partial charge in [0.1, 0.15) is 17.3 Å². The van der Waals surface area contributed by atoms with E-state index in [0.717, 1.165) is 4.90 Å². The molecule has 0 aromatic heterocycles. The van der Waals surface area contributed by atoms with E-state index in [1.54, 1.807) is 45.0 Å². The number of nitrogens with one attached hydrogen (secondary N) is 1. The van der Waals surface area contributed by atoms with E-state index in [9.17, 15) is 14.0 Å². The van der Waals surface area contributed by atoms with Crippen molar-refractivity contribution in [1.82, 2.24) is 9.80 Å². The van der Waals surface area contributed by atoms with Crippen molar-refractivity contribution in [2.75, 3.05) is 19.6 Å². The highest BCUT2D eigenvalue weighted by molar-refractivity contribution is 6.22. The second-order valence-electron chi connectivity index (χ2n) is 7.80. The number of amidine groups is 1. The van der Waals surface area contributed by atoms with Gasteiger partial charge < -0.3 is 9.64 Å². The summed E-state index contributed by atoms with van der Waals surface area (Å²) in [5.74, 6) is -0.827. The fourth-order valence-corrected chi connectivity index (χ4v) is 3.25. The van der Waals surface area contributed by atoms with Crippen LogP contribution in [0.5, 0.6) is 0 Å². The largest absolute Gasteiger partial charge is 0.444 e. The average Bonchev–Trinajstić information content (AvgIpc) is 2.86. The third kappa shape index (κ3) is 4.02. The molecule has 1 aromatic carbocycles. The van der Waals surface area contributed by atoms with Crippen molar-refractivity contribution in [2.24, 2.45) is 0 Å². The van der Waals surface area contributed by atoms with E-state index in [0.29, 0.717) is 36.1 Å². The number of halogens is 1. The smallest absolute Gasteiger partial charge is 0.410 e. The molecule has 0 unspecified atom stereocenters. The summed E-state index contributed by atoms with van der Waals surface area (Å²) in [4.78, 5) is 27.3. The maximum atomic E-state index is 14.9. The molecule has 2 amide bonds. The lowest BCUT2D eigenvalue weighted by atomic mass is 10.0. The van der Waals surface area contributed by atoms with Gasteiger partial charge in [0.25, 0.3) is 5.91 Å². The highest BCUT2D eigenvalue weighted by atomic mass is 19.1. The number of amides is 2. The molecule has 1 saturated heterocycles. The number of hydrogen-bond donors (Lipinski definition) is 1. The lowest BCUT2D eigenvalue weighted by Crippen LogP contribution is -2.41. The van der Waals surface area contributed by atoms with E-state index < -0.39 is 17.5 Å². The van der Waals surface area contributed by atoms with Crippen LogP contribution in [0.2, 0.25) is 0 Å². The summed E-state index contributed by atoms with van der Waals surface area (Å²) in [7, 11) is 0. The summed E-state index contributed by atoms with van der Waals surface area (Å²) in [6.07, 6.45) is 0.686. The predicted octanol–water partition coefficient (Wildman–Crippen LogP) is 3.72. The van der Waals surface area contributed by atoms with Crippen LogP contribution in [0.4, 0.5) is 9.18 Å². The molecule has 27 heavy (non-hydrogen) atoms. The molecule has 7 heteroatoms. The SMILES string of the molecule is CC(C)(C)OC(=O)N1CCCC(=C(F)CN2C(=N)c3ccccc3C2=O)C1. The third-order valence-electron chi connectivity index (χ3n) is 4.55. The summed E-state index contributed by atoms with van der Waals surface area (Å²) >= 11 is 0. The van der Waals surface area contributed by atoms with Crippen molar-refractivity contribution in [3.8, 4) is 0 Å². The van der Waals surface area contributed by atoms with Crippen LogP contribution >= 0.6 is 0 Å². The zero-order chi connectivity index (χ0) is 19.8. The molecule has 1 N–H and O–H groups in total.